The Morgan fingerprint density at radius 1 is 0.439 bits per heavy atom. The Labute approximate surface area is 244 Å². The molecule has 7 aromatic rings. The van der Waals surface area contributed by atoms with E-state index in [9.17, 15) is 0 Å². The minimum atomic E-state index is 0.0519. The van der Waals surface area contributed by atoms with E-state index in [-0.39, 0.29) is 5.37 Å². The third kappa shape index (κ3) is 4.03. The average Bonchev–Trinajstić information content (AvgIpc) is 3.46. The van der Waals surface area contributed by atoms with Crippen molar-refractivity contribution in [1.82, 2.24) is 0 Å². The fraction of sp³-hybridized carbons (Fsp3) is 0.0256. The molecule has 0 saturated heterocycles. The van der Waals surface area contributed by atoms with E-state index in [1.807, 2.05) is 11.8 Å². The minimum absolute atomic E-state index is 0.0519. The van der Waals surface area contributed by atoms with E-state index in [1.165, 1.54) is 65.3 Å². The summed E-state index contributed by atoms with van der Waals surface area (Å²) in [6, 6.07) is 57.3. The van der Waals surface area contributed by atoms with Crippen molar-refractivity contribution in [3.63, 3.8) is 0 Å². The van der Waals surface area contributed by atoms with Gasteiger partial charge in [0.25, 0.3) is 0 Å². The molecule has 194 valence electrons. The van der Waals surface area contributed by atoms with Crippen molar-refractivity contribution in [2.24, 2.45) is 0 Å². The molecule has 8 rings (SSSR count). The normalized spacial score (nSPS) is 15.3. The second-order valence-corrected chi connectivity index (χ2v) is 11.6. The van der Waals surface area contributed by atoms with Crippen LogP contribution < -0.4 is 4.90 Å². The van der Waals surface area contributed by atoms with Gasteiger partial charge in [-0.3, -0.25) is 0 Å². The number of anilines is 1. The monoisotopic (exact) mass is 541 g/mol. The van der Waals surface area contributed by atoms with Gasteiger partial charge >= 0.3 is 0 Å². The maximum Gasteiger partial charge on any atom is 0.111 e. The van der Waals surface area contributed by atoms with Crippen molar-refractivity contribution in [2.45, 2.75) is 5.37 Å². The van der Waals surface area contributed by atoms with Gasteiger partial charge in [0.15, 0.2) is 0 Å². The van der Waals surface area contributed by atoms with Gasteiger partial charge in [-0.25, -0.2) is 0 Å². The number of benzene rings is 7. The fourth-order valence-electron chi connectivity index (χ4n) is 6.26. The molecule has 0 aromatic heterocycles. The van der Waals surface area contributed by atoms with E-state index in [2.05, 4.69) is 163 Å². The predicted octanol–water partition coefficient (Wildman–Crippen LogP) is 10.9. The first-order chi connectivity index (χ1) is 20.4. The number of rotatable bonds is 4. The van der Waals surface area contributed by atoms with Crippen LogP contribution in [0, 0.1) is 0 Å². The molecular formula is C39H27NS. The van der Waals surface area contributed by atoms with E-state index in [4.69, 9.17) is 0 Å². The largest absolute Gasteiger partial charge is 0.323 e. The van der Waals surface area contributed by atoms with Gasteiger partial charge in [0.05, 0.1) is 5.70 Å². The fourth-order valence-corrected chi connectivity index (χ4v) is 7.73. The van der Waals surface area contributed by atoms with Crippen LogP contribution in [-0.2, 0) is 0 Å². The number of hydrogen-bond donors (Lipinski definition) is 0. The van der Waals surface area contributed by atoms with Crippen LogP contribution in [0.3, 0.4) is 0 Å². The van der Waals surface area contributed by atoms with E-state index in [0.29, 0.717) is 0 Å². The van der Waals surface area contributed by atoms with Gasteiger partial charge in [0.1, 0.15) is 5.37 Å². The van der Waals surface area contributed by atoms with Crippen LogP contribution in [0.4, 0.5) is 5.69 Å². The number of thioether (sulfide) groups is 1. The summed E-state index contributed by atoms with van der Waals surface area (Å²) in [4.78, 5) is 3.86. The molecular weight excluding hydrogens is 515 g/mol. The van der Waals surface area contributed by atoms with Gasteiger partial charge < -0.3 is 4.90 Å². The summed E-state index contributed by atoms with van der Waals surface area (Å²) in [7, 11) is 0. The summed E-state index contributed by atoms with van der Waals surface area (Å²) in [5, 5.41) is 7.83. The molecule has 1 atom stereocenters. The maximum absolute atomic E-state index is 2.56. The predicted molar refractivity (Wildman–Crippen MR) is 178 cm³/mol. The topological polar surface area (TPSA) is 3.24 Å². The van der Waals surface area contributed by atoms with Crippen LogP contribution in [0.15, 0.2) is 158 Å². The zero-order valence-electron chi connectivity index (χ0n) is 22.4. The quantitative estimate of drug-likeness (QED) is 0.204. The van der Waals surface area contributed by atoms with Crippen LogP contribution in [0.2, 0.25) is 0 Å². The van der Waals surface area contributed by atoms with Crippen molar-refractivity contribution < 1.29 is 0 Å². The van der Waals surface area contributed by atoms with Gasteiger partial charge in [-0.05, 0) is 67.2 Å². The first kappa shape index (κ1) is 24.0. The lowest BCUT2D eigenvalue weighted by atomic mass is 9.93. The van der Waals surface area contributed by atoms with Gasteiger partial charge in [-0.1, -0.05) is 151 Å². The molecule has 0 amide bonds. The van der Waals surface area contributed by atoms with Gasteiger partial charge in [0, 0.05) is 10.6 Å². The van der Waals surface area contributed by atoms with Crippen LogP contribution >= 0.6 is 11.8 Å². The molecule has 0 saturated carbocycles. The summed E-state index contributed by atoms with van der Waals surface area (Å²) in [5.41, 5.74) is 6.24. The van der Waals surface area contributed by atoms with E-state index >= 15 is 0 Å². The number of hydrogen-bond acceptors (Lipinski definition) is 2. The molecule has 0 bridgehead atoms. The standard InChI is InChI=1S/C39H27NS/c1-4-15-28(16-5-1)37-38(29-17-6-2-7-18-29)41-39(40(37)30-19-8-3-9-20-30)36-26-35-31-21-11-10-14-27(31)24-25-34(35)32-22-12-13-23-33(32)36/h1-26,39H. The molecule has 1 aliphatic rings. The Hall–Kier alpha value is -4.79. The van der Waals surface area contributed by atoms with Crippen molar-refractivity contribution >= 4 is 60.4 Å². The Bertz CT molecular complexity index is 2060. The van der Waals surface area contributed by atoms with Gasteiger partial charge in [-0.15, -0.1) is 0 Å². The lowest BCUT2D eigenvalue weighted by Crippen LogP contribution is -2.21. The minimum Gasteiger partial charge on any atom is -0.323 e. The van der Waals surface area contributed by atoms with Crippen molar-refractivity contribution in [2.75, 3.05) is 4.90 Å². The summed E-state index contributed by atoms with van der Waals surface area (Å²) in [6.07, 6.45) is 0. The molecule has 0 fully saturated rings. The molecule has 1 heterocycles. The molecule has 0 N–H and O–H groups in total. The highest BCUT2D eigenvalue weighted by Crippen LogP contribution is 2.58. The third-order valence-corrected chi connectivity index (χ3v) is 9.46. The number of fused-ring (bicyclic) bond motifs is 5. The average molecular weight is 542 g/mol. The molecule has 2 heteroatoms. The summed E-state index contributed by atoms with van der Waals surface area (Å²) >= 11 is 1.96. The van der Waals surface area contributed by atoms with E-state index in [1.54, 1.807) is 0 Å². The zero-order valence-corrected chi connectivity index (χ0v) is 23.3. The molecule has 7 aromatic carbocycles. The van der Waals surface area contributed by atoms with Crippen molar-refractivity contribution in [1.29, 1.82) is 0 Å². The van der Waals surface area contributed by atoms with E-state index in [0.717, 1.165) is 0 Å². The van der Waals surface area contributed by atoms with Crippen LogP contribution in [0.1, 0.15) is 22.1 Å². The van der Waals surface area contributed by atoms with E-state index < -0.39 is 0 Å². The van der Waals surface area contributed by atoms with Crippen molar-refractivity contribution in [3.05, 3.63) is 174 Å². The highest BCUT2D eigenvalue weighted by atomic mass is 32.2. The molecule has 0 spiro atoms. The zero-order chi connectivity index (χ0) is 27.2. The van der Waals surface area contributed by atoms with Crippen LogP contribution in [-0.4, -0.2) is 0 Å². The lowest BCUT2D eigenvalue weighted by molar-refractivity contribution is 0.983. The molecule has 1 aliphatic heterocycles. The Morgan fingerprint density at radius 3 is 1.73 bits per heavy atom. The Balaban J connectivity index is 1.45. The van der Waals surface area contributed by atoms with Crippen molar-refractivity contribution in [3.8, 4) is 0 Å². The molecule has 0 aliphatic carbocycles. The molecule has 1 nitrogen and oxygen atoms in total. The van der Waals surface area contributed by atoms with Gasteiger partial charge in [0.2, 0.25) is 0 Å². The summed E-state index contributed by atoms with van der Waals surface area (Å²) in [6.45, 7) is 0. The highest BCUT2D eigenvalue weighted by molar-refractivity contribution is 8.09. The molecule has 0 radical (unpaired) electrons. The van der Waals surface area contributed by atoms with Gasteiger partial charge in [-0.2, -0.15) is 0 Å². The number of nitrogens with zero attached hydrogens (tertiary/aromatic N) is 1. The SMILES string of the molecule is c1ccc(C2=C(c3ccccc3)N(c3ccccc3)C(c3cc4c5ccccc5ccc4c4ccccc34)S2)cc1. The first-order valence-electron chi connectivity index (χ1n) is 14.1. The third-order valence-electron chi connectivity index (χ3n) is 8.10. The molecule has 41 heavy (non-hydrogen) atoms. The first-order valence-corrected chi connectivity index (χ1v) is 14.9. The second-order valence-electron chi connectivity index (χ2n) is 10.5. The second kappa shape index (κ2) is 9.99. The maximum atomic E-state index is 2.56. The summed E-state index contributed by atoms with van der Waals surface area (Å²) in [5.74, 6) is 0. The summed E-state index contributed by atoms with van der Waals surface area (Å²) < 4.78 is 0. The lowest BCUT2D eigenvalue weighted by Gasteiger charge is -2.31. The van der Waals surface area contributed by atoms with Crippen LogP contribution in [0.25, 0.3) is 42.9 Å². The van der Waals surface area contributed by atoms with Crippen LogP contribution in [0.5, 0.6) is 0 Å². The number of para-hydroxylation sites is 1. The highest BCUT2D eigenvalue weighted by Gasteiger charge is 2.37. The molecule has 1 unspecified atom stereocenters. The Kier molecular flexibility index (Phi) is 5.86. The Morgan fingerprint density at radius 2 is 1.00 bits per heavy atom. The smallest absolute Gasteiger partial charge is 0.111 e.